The molecule has 1 unspecified atom stereocenters. The van der Waals surface area contributed by atoms with Gasteiger partial charge in [-0.3, -0.25) is 4.79 Å². The van der Waals surface area contributed by atoms with E-state index in [2.05, 4.69) is 0 Å². The van der Waals surface area contributed by atoms with Crippen molar-refractivity contribution in [3.63, 3.8) is 0 Å². The Bertz CT molecular complexity index is 529. The Morgan fingerprint density at radius 1 is 1.43 bits per heavy atom. The van der Waals surface area contributed by atoms with Crippen molar-refractivity contribution in [3.05, 3.63) is 35.9 Å². The Morgan fingerprint density at radius 3 is 3.00 bits per heavy atom. The third-order valence-corrected chi connectivity index (χ3v) is 3.04. The van der Waals surface area contributed by atoms with Gasteiger partial charge in [-0.25, -0.2) is 4.79 Å². The van der Waals surface area contributed by atoms with Crippen LogP contribution in [0, 0.1) is 5.92 Å². The van der Waals surface area contributed by atoms with Crippen molar-refractivity contribution in [2.45, 2.75) is 13.3 Å². The second-order valence-electron chi connectivity index (χ2n) is 4.64. The highest BCUT2D eigenvalue weighted by Gasteiger charge is 2.25. The number of carbonyl (C=O) groups is 2. The fourth-order valence-electron chi connectivity index (χ4n) is 1.96. The molecule has 0 saturated carbocycles. The Balaban J connectivity index is 1.97. The summed E-state index contributed by atoms with van der Waals surface area (Å²) < 4.78 is 15.3. The molecule has 1 heterocycles. The van der Waals surface area contributed by atoms with Crippen LogP contribution in [0.4, 0.5) is 0 Å². The van der Waals surface area contributed by atoms with Gasteiger partial charge < -0.3 is 14.2 Å². The van der Waals surface area contributed by atoms with Gasteiger partial charge in [0.25, 0.3) is 0 Å². The monoisotopic (exact) mass is 290 g/mol. The highest BCUT2D eigenvalue weighted by atomic mass is 16.5. The zero-order valence-electron chi connectivity index (χ0n) is 11.9. The van der Waals surface area contributed by atoms with E-state index in [-0.39, 0.29) is 11.9 Å². The van der Waals surface area contributed by atoms with E-state index in [1.54, 1.807) is 31.2 Å². The lowest BCUT2D eigenvalue weighted by Gasteiger charge is -2.08. The molecule has 2 rings (SSSR count). The zero-order valence-corrected chi connectivity index (χ0v) is 11.9. The van der Waals surface area contributed by atoms with Gasteiger partial charge in [0.05, 0.1) is 19.1 Å². The maximum Gasteiger partial charge on any atom is 0.330 e. The van der Waals surface area contributed by atoms with Gasteiger partial charge in [0, 0.05) is 12.7 Å². The summed E-state index contributed by atoms with van der Waals surface area (Å²) in [5.74, 6) is -0.413. The Kier molecular flexibility index (Phi) is 5.51. The van der Waals surface area contributed by atoms with Crippen molar-refractivity contribution in [2.75, 3.05) is 19.8 Å². The maximum atomic E-state index is 11.9. The van der Waals surface area contributed by atoms with Gasteiger partial charge in [0.2, 0.25) is 0 Å². The van der Waals surface area contributed by atoms with Crippen LogP contribution < -0.4 is 4.74 Å². The molecule has 1 fully saturated rings. The van der Waals surface area contributed by atoms with Gasteiger partial charge in [0.15, 0.2) is 0 Å². The van der Waals surface area contributed by atoms with Crippen molar-refractivity contribution in [1.29, 1.82) is 0 Å². The summed E-state index contributed by atoms with van der Waals surface area (Å²) in [6.07, 6.45) is 3.66. The number of ether oxygens (including phenoxy) is 3. The SMILES string of the molecule is CCOC(=O)C=Cc1cccc(OC(=O)C2CCOC2)c1. The first-order valence-corrected chi connectivity index (χ1v) is 6.93. The molecule has 1 aliphatic rings. The topological polar surface area (TPSA) is 61.8 Å². The normalized spacial score (nSPS) is 17.9. The molecule has 1 atom stereocenters. The summed E-state index contributed by atoms with van der Waals surface area (Å²) in [6.45, 7) is 3.10. The molecule has 0 aliphatic carbocycles. The van der Waals surface area contributed by atoms with E-state index in [9.17, 15) is 9.59 Å². The van der Waals surface area contributed by atoms with E-state index in [1.165, 1.54) is 6.08 Å². The maximum absolute atomic E-state index is 11.9. The van der Waals surface area contributed by atoms with Crippen LogP contribution in [0.3, 0.4) is 0 Å². The zero-order chi connectivity index (χ0) is 15.1. The summed E-state index contributed by atoms with van der Waals surface area (Å²) in [4.78, 5) is 23.1. The van der Waals surface area contributed by atoms with Crippen molar-refractivity contribution < 1.29 is 23.8 Å². The summed E-state index contributed by atoms with van der Waals surface area (Å²) in [5.41, 5.74) is 0.760. The smallest absolute Gasteiger partial charge is 0.330 e. The van der Waals surface area contributed by atoms with Crippen molar-refractivity contribution in [2.24, 2.45) is 5.92 Å². The lowest BCUT2D eigenvalue weighted by Crippen LogP contribution is -2.20. The standard InChI is InChI=1S/C16H18O5/c1-2-20-15(17)7-6-12-4-3-5-14(10-12)21-16(18)13-8-9-19-11-13/h3-7,10,13H,2,8-9,11H2,1H3. The predicted molar refractivity (Wildman–Crippen MR) is 76.7 cm³/mol. The second kappa shape index (κ2) is 7.59. The number of benzene rings is 1. The first-order valence-electron chi connectivity index (χ1n) is 6.93. The number of rotatable bonds is 5. The van der Waals surface area contributed by atoms with Gasteiger partial charge in [-0.1, -0.05) is 12.1 Å². The van der Waals surface area contributed by atoms with Crippen molar-refractivity contribution >= 4 is 18.0 Å². The molecular weight excluding hydrogens is 272 g/mol. The van der Waals surface area contributed by atoms with Gasteiger partial charge in [-0.15, -0.1) is 0 Å². The van der Waals surface area contributed by atoms with Gasteiger partial charge in [-0.05, 0) is 37.1 Å². The number of carbonyl (C=O) groups excluding carboxylic acids is 2. The van der Waals surface area contributed by atoms with Gasteiger partial charge >= 0.3 is 11.9 Å². The summed E-state index contributed by atoms with van der Waals surface area (Å²) in [5, 5.41) is 0. The molecule has 0 spiro atoms. The van der Waals surface area contributed by atoms with E-state index in [4.69, 9.17) is 14.2 Å². The van der Waals surface area contributed by atoms with Gasteiger partial charge in [-0.2, -0.15) is 0 Å². The number of hydrogen-bond donors (Lipinski definition) is 0. The van der Waals surface area contributed by atoms with E-state index in [0.717, 1.165) is 5.56 Å². The minimum Gasteiger partial charge on any atom is -0.463 e. The highest BCUT2D eigenvalue weighted by molar-refractivity contribution is 5.87. The Morgan fingerprint density at radius 2 is 2.29 bits per heavy atom. The molecule has 0 amide bonds. The minimum atomic E-state index is -0.400. The molecule has 5 heteroatoms. The third-order valence-electron chi connectivity index (χ3n) is 3.04. The molecule has 1 aromatic carbocycles. The predicted octanol–water partition coefficient (Wildman–Crippen LogP) is 2.20. The van der Waals surface area contributed by atoms with Crippen LogP contribution >= 0.6 is 0 Å². The Hall–Kier alpha value is -2.14. The fraction of sp³-hybridized carbons (Fsp3) is 0.375. The summed E-state index contributed by atoms with van der Waals surface area (Å²) in [6, 6.07) is 6.98. The molecular formula is C16H18O5. The molecule has 0 aromatic heterocycles. The summed E-state index contributed by atoms with van der Waals surface area (Å²) >= 11 is 0. The van der Waals surface area contributed by atoms with Crippen LogP contribution in [-0.4, -0.2) is 31.8 Å². The fourth-order valence-corrected chi connectivity index (χ4v) is 1.96. The van der Waals surface area contributed by atoms with Crippen LogP contribution in [0.1, 0.15) is 18.9 Å². The molecule has 0 radical (unpaired) electrons. The lowest BCUT2D eigenvalue weighted by atomic mass is 10.1. The van der Waals surface area contributed by atoms with E-state index in [0.29, 0.717) is 32.0 Å². The molecule has 1 aromatic rings. The van der Waals surface area contributed by atoms with Crippen LogP contribution in [-0.2, 0) is 19.1 Å². The third kappa shape index (κ3) is 4.72. The molecule has 21 heavy (non-hydrogen) atoms. The Labute approximate surface area is 123 Å². The molecule has 1 aliphatic heterocycles. The molecule has 0 bridgehead atoms. The summed E-state index contributed by atoms with van der Waals surface area (Å²) in [7, 11) is 0. The lowest BCUT2D eigenvalue weighted by molar-refractivity contribution is -0.139. The van der Waals surface area contributed by atoms with E-state index >= 15 is 0 Å². The average Bonchev–Trinajstić information content (AvgIpc) is 3.00. The van der Waals surface area contributed by atoms with Crippen LogP contribution in [0.2, 0.25) is 0 Å². The first-order chi connectivity index (χ1) is 10.2. The van der Waals surface area contributed by atoms with Crippen LogP contribution in [0.5, 0.6) is 5.75 Å². The first kappa shape index (κ1) is 15.3. The molecule has 0 N–H and O–H groups in total. The second-order valence-corrected chi connectivity index (χ2v) is 4.64. The number of hydrogen-bond acceptors (Lipinski definition) is 5. The molecule has 1 saturated heterocycles. The molecule has 112 valence electrons. The van der Waals surface area contributed by atoms with Crippen LogP contribution in [0.25, 0.3) is 6.08 Å². The average molecular weight is 290 g/mol. The minimum absolute atomic E-state index is 0.191. The van der Waals surface area contributed by atoms with Crippen LogP contribution in [0.15, 0.2) is 30.3 Å². The van der Waals surface area contributed by atoms with E-state index < -0.39 is 5.97 Å². The van der Waals surface area contributed by atoms with E-state index in [1.807, 2.05) is 6.07 Å². The molecule has 5 nitrogen and oxygen atoms in total. The number of esters is 2. The van der Waals surface area contributed by atoms with Gasteiger partial charge in [0.1, 0.15) is 5.75 Å². The van der Waals surface area contributed by atoms with Crippen molar-refractivity contribution in [1.82, 2.24) is 0 Å². The highest BCUT2D eigenvalue weighted by Crippen LogP contribution is 2.19. The largest absolute Gasteiger partial charge is 0.463 e. The van der Waals surface area contributed by atoms with Crippen molar-refractivity contribution in [3.8, 4) is 5.75 Å². The quantitative estimate of drug-likeness (QED) is 0.472.